The van der Waals surface area contributed by atoms with Crippen molar-refractivity contribution in [2.45, 2.75) is 70.3 Å². The van der Waals surface area contributed by atoms with Crippen LogP contribution in [0.1, 0.15) is 68.4 Å². The summed E-state index contributed by atoms with van der Waals surface area (Å²) in [6, 6.07) is 7.88. The summed E-state index contributed by atoms with van der Waals surface area (Å²) in [6.45, 7) is 0.544. The smallest absolute Gasteiger partial charge is 0.266 e. The van der Waals surface area contributed by atoms with Crippen molar-refractivity contribution in [2.75, 3.05) is 17.7 Å². The molecule has 4 rings (SSSR count). The number of carbonyl (C=O) groups excluding carboxylic acids is 2. The van der Waals surface area contributed by atoms with Gasteiger partial charge in [0.15, 0.2) is 0 Å². The highest BCUT2D eigenvalue weighted by Crippen LogP contribution is 2.35. The zero-order valence-corrected chi connectivity index (χ0v) is 23.8. The Labute approximate surface area is 236 Å². The quantitative estimate of drug-likeness (QED) is 0.134. The number of rotatable bonds is 12. The van der Waals surface area contributed by atoms with E-state index in [1.54, 1.807) is 4.90 Å². The summed E-state index contributed by atoms with van der Waals surface area (Å²) in [6.07, 6.45) is 11.3. The Morgan fingerprint density at radius 2 is 2.00 bits per heavy atom. The molecule has 0 radical (unpaired) electrons. The molecule has 2 aliphatic rings. The highest BCUT2D eigenvalue weighted by molar-refractivity contribution is 8.26. The van der Waals surface area contributed by atoms with Crippen LogP contribution in [0, 0.1) is 0 Å². The molecule has 0 spiro atoms. The van der Waals surface area contributed by atoms with Gasteiger partial charge in [-0.05, 0) is 50.7 Å². The molecule has 2 amide bonds. The van der Waals surface area contributed by atoms with E-state index >= 15 is 0 Å². The van der Waals surface area contributed by atoms with E-state index in [9.17, 15) is 9.59 Å². The van der Waals surface area contributed by atoms with Crippen molar-refractivity contribution in [2.24, 2.45) is 0 Å². The number of aromatic nitrogens is 2. The number of thiocarbonyl (C=S) groups is 1. The molecule has 2 fully saturated rings. The lowest BCUT2D eigenvalue weighted by Crippen LogP contribution is -2.29. The van der Waals surface area contributed by atoms with Crippen LogP contribution in [0.4, 0.5) is 5.13 Å². The Morgan fingerprint density at radius 1 is 1.19 bits per heavy atom. The van der Waals surface area contributed by atoms with Gasteiger partial charge in [-0.3, -0.25) is 14.5 Å². The van der Waals surface area contributed by atoms with Crippen molar-refractivity contribution < 1.29 is 14.3 Å². The molecule has 1 saturated carbocycles. The highest BCUT2D eigenvalue weighted by Gasteiger charge is 2.31. The summed E-state index contributed by atoms with van der Waals surface area (Å²) in [5.74, 6) is 1.14. The van der Waals surface area contributed by atoms with E-state index in [0.717, 1.165) is 48.4 Å². The number of ether oxygens (including phenoxy) is 1. The zero-order chi connectivity index (χ0) is 26.0. The summed E-state index contributed by atoms with van der Waals surface area (Å²) < 4.78 is 6.86. The second-order valence-electron chi connectivity index (χ2n) is 9.05. The molecule has 7 nitrogen and oxygen atoms in total. The maximum Gasteiger partial charge on any atom is 0.266 e. The predicted molar refractivity (Wildman–Crippen MR) is 155 cm³/mol. The third-order valence-corrected chi connectivity index (χ3v) is 8.70. The number of amides is 2. The van der Waals surface area contributed by atoms with Crippen LogP contribution in [0.2, 0.25) is 0 Å². The molecule has 1 aliphatic carbocycles. The van der Waals surface area contributed by atoms with Crippen LogP contribution in [0.3, 0.4) is 0 Å². The molecule has 2 heterocycles. The molecule has 1 saturated heterocycles. The molecule has 1 aromatic heterocycles. The second kappa shape index (κ2) is 14.2. The molecule has 0 atom stereocenters. The number of hydrogen-bond donors (Lipinski definition) is 1. The first kappa shape index (κ1) is 28.0. The van der Waals surface area contributed by atoms with Gasteiger partial charge in [0.2, 0.25) is 11.0 Å². The number of carbonyl (C=O) groups is 2. The number of benzene rings is 1. The largest absolute Gasteiger partial charge is 0.490 e. The number of aryl methyl sites for hydroxylation is 1. The van der Waals surface area contributed by atoms with Gasteiger partial charge >= 0.3 is 0 Å². The van der Waals surface area contributed by atoms with E-state index in [-0.39, 0.29) is 17.9 Å². The minimum absolute atomic E-state index is 0.0655. The molecular weight excluding hydrogens is 548 g/mol. The van der Waals surface area contributed by atoms with Gasteiger partial charge in [0, 0.05) is 30.8 Å². The van der Waals surface area contributed by atoms with Crippen LogP contribution in [0.25, 0.3) is 6.08 Å². The van der Waals surface area contributed by atoms with E-state index in [2.05, 4.69) is 15.5 Å². The summed E-state index contributed by atoms with van der Waals surface area (Å²) in [7, 11) is 0. The first-order valence-corrected chi connectivity index (χ1v) is 15.3. The van der Waals surface area contributed by atoms with E-state index in [4.69, 9.17) is 28.6 Å². The molecular formula is C26H31ClN4O3S3. The first-order chi connectivity index (χ1) is 18.0. The van der Waals surface area contributed by atoms with E-state index in [1.165, 1.54) is 42.4 Å². The van der Waals surface area contributed by atoms with Gasteiger partial charge in [0.25, 0.3) is 5.91 Å². The van der Waals surface area contributed by atoms with Crippen molar-refractivity contribution in [3.05, 3.63) is 39.7 Å². The number of hydrogen-bond acceptors (Lipinski definition) is 8. The van der Waals surface area contributed by atoms with Crippen molar-refractivity contribution in [3.63, 3.8) is 0 Å². The normalized spacial score (nSPS) is 17.5. The van der Waals surface area contributed by atoms with Crippen molar-refractivity contribution in [3.8, 4) is 5.75 Å². The van der Waals surface area contributed by atoms with Crippen LogP contribution >= 0.6 is 46.9 Å². The van der Waals surface area contributed by atoms with Gasteiger partial charge in [-0.15, -0.1) is 21.8 Å². The maximum atomic E-state index is 13.1. The SMILES string of the molecule is O=C(CCCCCN1C(=O)/C(=C/c2ccccc2OC2CCCCC2)SC1=S)Nc1nnc(CCCl)s1. The number of thioether (sulfide) groups is 1. The topological polar surface area (TPSA) is 84.4 Å². The molecule has 1 aromatic carbocycles. The Hall–Kier alpha value is -2.01. The van der Waals surface area contributed by atoms with Gasteiger partial charge in [0.1, 0.15) is 15.1 Å². The minimum Gasteiger partial charge on any atom is -0.490 e. The lowest BCUT2D eigenvalue weighted by molar-refractivity contribution is -0.122. The molecule has 0 bridgehead atoms. The standard InChI is InChI=1S/C26H31ClN4O3S3/c27-15-14-23-29-30-25(37-23)28-22(32)13-5-2-8-16-31-24(33)21(36-26(31)35)17-18-9-6-7-12-20(18)34-19-10-3-1-4-11-19/h6-7,9,12,17,19H,1-5,8,10-11,13-16H2,(H,28,30,32)/b21-17-. The molecule has 198 valence electrons. The molecule has 37 heavy (non-hydrogen) atoms. The lowest BCUT2D eigenvalue weighted by atomic mass is 9.97. The number of nitrogens with zero attached hydrogens (tertiary/aromatic N) is 3. The fraction of sp³-hybridized carbons (Fsp3) is 0.500. The van der Waals surface area contributed by atoms with Crippen LogP contribution in [0.15, 0.2) is 29.2 Å². The van der Waals surface area contributed by atoms with E-state index in [1.807, 2.05) is 30.3 Å². The first-order valence-electron chi connectivity index (χ1n) is 12.7. The van der Waals surface area contributed by atoms with Crippen molar-refractivity contribution >= 4 is 74.3 Å². The van der Waals surface area contributed by atoms with Gasteiger partial charge < -0.3 is 10.1 Å². The predicted octanol–water partition coefficient (Wildman–Crippen LogP) is 6.43. The summed E-state index contributed by atoms with van der Waals surface area (Å²) in [5, 5.41) is 12.1. The minimum atomic E-state index is -0.0868. The fourth-order valence-electron chi connectivity index (χ4n) is 4.30. The van der Waals surface area contributed by atoms with Gasteiger partial charge in [-0.1, -0.05) is 66.4 Å². The monoisotopic (exact) mass is 578 g/mol. The maximum absolute atomic E-state index is 13.1. The highest BCUT2D eigenvalue weighted by atomic mass is 35.5. The van der Waals surface area contributed by atoms with Crippen LogP contribution < -0.4 is 10.1 Å². The molecule has 1 aliphatic heterocycles. The van der Waals surface area contributed by atoms with Crippen molar-refractivity contribution in [1.29, 1.82) is 0 Å². The Kier molecular flexibility index (Phi) is 10.8. The number of para-hydroxylation sites is 1. The summed E-state index contributed by atoms with van der Waals surface area (Å²) in [4.78, 5) is 27.5. The summed E-state index contributed by atoms with van der Waals surface area (Å²) >= 11 is 13.9. The average Bonchev–Trinajstić information content (AvgIpc) is 3.44. The van der Waals surface area contributed by atoms with Gasteiger partial charge in [0.05, 0.1) is 11.0 Å². The second-order valence-corrected chi connectivity index (χ2v) is 12.2. The third kappa shape index (κ3) is 8.24. The van der Waals surface area contributed by atoms with E-state index in [0.29, 0.717) is 39.6 Å². The van der Waals surface area contributed by atoms with Crippen molar-refractivity contribution in [1.82, 2.24) is 15.1 Å². The molecule has 11 heteroatoms. The third-order valence-electron chi connectivity index (χ3n) is 6.23. The number of halogens is 1. The summed E-state index contributed by atoms with van der Waals surface area (Å²) in [5.41, 5.74) is 0.907. The fourth-order valence-corrected chi connectivity index (χ4v) is 6.65. The Morgan fingerprint density at radius 3 is 2.81 bits per heavy atom. The number of unbranched alkanes of at least 4 members (excludes halogenated alkanes) is 2. The number of nitrogens with one attached hydrogen (secondary N) is 1. The van der Waals surface area contributed by atoms with Crippen LogP contribution in [-0.4, -0.2) is 49.8 Å². The van der Waals surface area contributed by atoms with Gasteiger partial charge in [-0.2, -0.15) is 0 Å². The van der Waals surface area contributed by atoms with Crippen LogP contribution in [0.5, 0.6) is 5.75 Å². The van der Waals surface area contributed by atoms with Crippen LogP contribution in [-0.2, 0) is 16.0 Å². The molecule has 0 unspecified atom stereocenters. The molecule has 2 aromatic rings. The molecule has 1 N–H and O–H groups in total. The number of alkyl halides is 1. The van der Waals surface area contributed by atoms with Gasteiger partial charge in [-0.25, -0.2) is 0 Å². The zero-order valence-electron chi connectivity index (χ0n) is 20.6. The lowest BCUT2D eigenvalue weighted by Gasteiger charge is -2.23. The Bertz CT molecular complexity index is 1130. The number of anilines is 1. The average molecular weight is 579 g/mol. The van der Waals surface area contributed by atoms with E-state index < -0.39 is 0 Å². The Balaban J connectivity index is 1.23.